The minimum Gasteiger partial charge on any atom is -0.336 e. The number of carbonyl (C=O) groups excluding carboxylic acids is 1. The SMILES string of the molecule is C=CCN1CCN(C(=O)c2csc3ccccc23)CC1. The monoisotopic (exact) mass is 286 g/mol. The first-order valence-corrected chi connectivity index (χ1v) is 7.76. The Labute approximate surface area is 123 Å². The van der Waals surface area contributed by atoms with Gasteiger partial charge in [0.2, 0.25) is 0 Å². The molecule has 3 rings (SSSR count). The summed E-state index contributed by atoms with van der Waals surface area (Å²) in [6, 6.07) is 8.11. The molecule has 2 heterocycles. The van der Waals surface area contributed by atoms with E-state index in [0.717, 1.165) is 43.7 Å². The van der Waals surface area contributed by atoms with Gasteiger partial charge in [-0.25, -0.2) is 0 Å². The average Bonchev–Trinajstić information content (AvgIpc) is 2.92. The number of benzene rings is 1. The molecule has 0 aliphatic carbocycles. The molecule has 1 aromatic carbocycles. The quantitative estimate of drug-likeness (QED) is 0.810. The smallest absolute Gasteiger partial charge is 0.255 e. The van der Waals surface area contributed by atoms with Crippen LogP contribution in [0.15, 0.2) is 42.3 Å². The van der Waals surface area contributed by atoms with Crippen molar-refractivity contribution >= 4 is 27.3 Å². The third-order valence-corrected chi connectivity index (χ3v) is 4.72. The number of hydrogen-bond donors (Lipinski definition) is 0. The second-order valence-electron chi connectivity index (χ2n) is 5.03. The molecule has 20 heavy (non-hydrogen) atoms. The normalized spacial score (nSPS) is 16.5. The molecule has 2 aromatic rings. The summed E-state index contributed by atoms with van der Waals surface area (Å²) < 4.78 is 1.18. The van der Waals surface area contributed by atoms with E-state index < -0.39 is 0 Å². The highest BCUT2D eigenvalue weighted by molar-refractivity contribution is 7.17. The van der Waals surface area contributed by atoms with Gasteiger partial charge in [0.25, 0.3) is 5.91 Å². The van der Waals surface area contributed by atoms with Crippen molar-refractivity contribution < 1.29 is 4.79 Å². The largest absolute Gasteiger partial charge is 0.336 e. The molecule has 1 amide bonds. The summed E-state index contributed by atoms with van der Waals surface area (Å²) in [6.07, 6.45) is 1.92. The molecule has 3 nitrogen and oxygen atoms in total. The third-order valence-electron chi connectivity index (χ3n) is 3.76. The fourth-order valence-electron chi connectivity index (χ4n) is 2.63. The van der Waals surface area contributed by atoms with Crippen molar-refractivity contribution in [2.75, 3.05) is 32.7 Å². The van der Waals surface area contributed by atoms with E-state index in [1.807, 2.05) is 34.6 Å². The van der Waals surface area contributed by atoms with Crippen LogP contribution in [0.4, 0.5) is 0 Å². The van der Waals surface area contributed by atoms with Gasteiger partial charge in [0.1, 0.15) is 0 Å². The van der Waals surface area contributed by atoms with E-state index in [0.29, 0.717) is 0 Å². The van der Waals surface area contributed by atoms with E-state index in [1.165, 1.54) is 4.70 Å². The molecule has 0 bridgehead atoms. The number of rotatable bonds is 3. The lowest BCUT2D eigenvalue weighted by atomic mass is 10.1. The van der Waals surface area contributed by atoms with E-state index in [4.69, 9.17) is 0 Å². The molecule has 0 atom stereocenters. The lowest BCUT2D eigenvalue weighted by Crippen LogP contribution is -2.48. The lowest BCUT2D eigenvalue weighted by molar-refractivity contribution is 0.0652. The molecule has 0 radical (unpaired) electrons. The number of hydrogen-bond acceptors (Lipinski definition) is 3. The lowest BCUT2D eigenvalue weighted by Gasteiger charge is -2.34. The van der Waals surface area contributed by atoms with Crippen molar-refractivity contribution in [1.29, 1.82) is 0 Å². The molecule has 1 saturated heterocycles. The Balaban J connectivity index is 1.75. The summed E-state index contributed by atoms with van der Waals surface area (Å²) in [5.74, 6) is 0.167. The maximum atomic E-state index is 12.6. The van der Waals surface area contributed by atoms with Crippen LogP contribution in [-0.2, 0) is 0 Å². The summed E-state index contributed by atoms with van der Waals surface area (Å²) in [5.41, 5.74) is 0.850. The maximum absolute atomic E-state index is 12.6. The van der Waals surface area contributed by atoms with E-state index in [-0.39, 0.29) is 5.91 Å². The van der Waals surface area contributed by atoms with Crippen LogP contribution in [0.3, 0.4) is 0 Å². The van der Waals surface area contributed by atoms with Crippen LogP contribution >= 0.6 is 11.3 Å². The Morgan fingerprint density at radius 3 is 2.75 bits per heavy atom. The molecule has 0 N–H and O–H groups in total. The zero-order valence-electron chi connectivity index (χ0n) is 11.4. The molecule has 0 spiro atoms. The van der Waals surface area contributed by atoms with Crippen LogP contribution in [0.25, 0.3) is 10.1 Å². The van der Waals surface area contributed by atoms with Crippen LogP contribution in [0.1, 0.15) is 10.4 Å². The van der Waals surface area contributed by atoms with Crippen LogP contribution in [0, 0.1) is 0 Å². The zero-order valence-corrected chi connectivity index (χ0v) is 12.2. The molecule has 4 heteroatoms. The molecular weight excluding hydrogens is 268 g/mol. The molecular formula is C16H18N2OS. The minimum absolute atomic E-state index is 0.167. The topological polar surface area (TPSA) is 23.6 Å². The van der Waals surface area contributed by atoms with Crippen molar-refractivity contribution in [3.63, 3.8) is 0 Å². The second-order valence-corrected chi connectivity index (χ2v) is 5.94. The van der Waals surface area contributed by atoms with Gasteiger partial charge < -0.3 is 4.90 Å². The van der Waals surface area contributed by atoms with Gasteiger partial charge in [-0.05, 0) is 6.07 Å². The maximum Gasteiger partial charge on any atom is 0.255 e. The van der Waals surface area contributed by atoms with Crippen molar-refractivity contribution in [3.8, 4) is 0 Å². The average molecular weight is 286 g/mol. The van der Waals surface area contributed by atoms with Gasteiger partial charge in [-0.1, -0.05) is 24.3 Å². The number of piperazine rings is 1. The van der Waals surface area contributed by atoms with Gasteiger partial charge in [0, 0.05) is 48.2 Å². The van der Waals surface area contributed by atoms with Gasteiger partial charge in [-0.15, -0.1) is 17.9 Å². The molecule has 0 saturated carbocycles. The van der Waals surface area contributed by atoms with Crippen LogP contribution in [-0.4, -0.2) is 48.4 Å². The van der Waals surface area contributed by atoms with Gasteiger partial charge in [-0.2, -0.15) is 0 Å². The van der Waals surface area contributed by atoms with Crippen molar-refractivity contribution in [3.05, 3.63) is 47.9 Å². The molecule has 1 aliphatic heterocycles. The van der Waals surface area contributed by atoms with Gasteiger partial charge >= 0.3 is 0 Å². The first-order valence-electron chi connectivity index (χ1n) is 6.88. The minimum atomic E-state index is 0.167. The predicted octanol–water partition coefficient (Wildman–Crippen LogP) is 2.85. The summed E-state index contributed by atoms with van der Waals surface area (Å²) in [6.45, 7) is 8.13. The third kappa shape index (κ3) is 2.49. The zero-order chi connectivity index (χ0) is 13.9. The second kappa shape index (κ2) is 5.77. The van der Waals surface area contributed by atoms with Crippen LogP contribution < -0.4 is 0 Å². The van der Waals surface area contributed by atoms with Gasteiger partial charge in [-0.3, -0.25) is 9.69 Å². The Morgan fingerprint density at radius 1 is 1.25 bits per heavy atom. The molecule has 1 aliphatic rings. The number of amides is 1. The predicted molar refractivity (Wildman–Crippen MR) is 84.4 cm³/mol. The van der Waals surface area contributed by atoms with Crippen LogP contribution in [0.2, 0.25) is 0 Å². The van der Waals surface area contributed by atoms with Gasteiger partial charge in [0.15, 0.2) is 0 Å². The summed E-state index contributed by atoms with van der Waals surface area (Å²) in [5, 5.41) is 3.07. The summed E-state index contributed by atoms with van der Waals surface area (Å²) in [4.78, 5) is 16.9. The van der Waals surface area contributed by atoms with Gasteiger partial charge in [0.05, 0.1) is 5.56 Å². The Morgan fingerprint density at radius 2 is 2.00 bits per heavy atom. The van der Waals surface area contributed by atoms with E-state index in [9.17, 15) is 4.79 Å². The number of fused-ring (bicyclic) bond motifs is 1. The fraction of sp³-hybridized carbons (Fsp3) is 0.312. The fourth-order valence-corrected chi connectivity index (χ4v) is 3.56. The van der Waals surface area contributed by atoms with Crippen molar-refractivity contribution in [2.24, 2.45) is 0 Å². The van der Waals surface area contributed by atoms with Crippen molar-refractivity contribution in [2.45, 2.75) is 0 Å². The van der Waals surface area contributed by atoms with Crippen LogP contribution in [0.5, 0.6) is 0 Å². The molecule has 1 fully saturated rings. The van der Waals surface area contributed by atoms with E-state index in [2.05, 4.69) is 17.5 Å². The summed E-state index contributed by atoms with van der Waals surface area (Å²) >= 11 is 1.64. The summed E-state index contributed by atoms with van der Waals surface area (Å²) in [7, 11) is 0. The first kappa shape index (κ1) is 13.3. The highest BCUT2D eigenvalue weighted by Gasteiger charge is 2.23. The highest BCUT2D eigenvalue weighted by atomic mass is 32.1. The Hall–Kier alpha value is -1.65. The standard InChI is InChI=1S/C16H18N2OS/c1-2-7-17-8-10-18(11-9-17)16(19)14-12-20-15-6-4-3-5-13(14)15/h2-6,12H,1,7-11H2. The number of thiophene rings is 1. The van der Waals surface area contributed by atoms with Crippen molar-refractivity contribution in [1.82, 2.24) is 9.80 Å². The highest BCUT2D eigenvalue weighted by Crippen LogP contribution is 2.26. The molecule has 104 valence electrons. The first-order chi connectivity index (χ1) is 9.79. The molecule has 0 unspecified atom stereocenters. The van der Waals surface area contributed by atoms with E-state index in [1.54, 1.807) is 11.3 Å². The van der Waals surface area contributed by atoms with E-state index >= 15 is 0 Å². The molecule has 1 aromatic heterocycles. The number of nitrogens with zero attached hydrogens (tertiary/aromatic N) is 2. The Bertz CT molecular complexity index is 626. The number of carbonyl (C=O) groups is 1. The Kier molecular flexibility index (Phi) is 3.85.